The van der Waals surface area contributed by atoms with Gasteiger partial charge in [-0.3, -0.25) is 9.48 Å². The van der Waals surface area contributed by atoms with Crippen molar-refractivity contribution in [1.29, 1.82) is 0 Å². The number of hydrogen-bond acceptors (Lipinski definition) is 2. The van der Waals surface area contributed by atoms with Crippen molar-refractivity contribution in [3.05, 3.63) is 17.5 Å². The zero-order chi connectivity index (χ0) is 12.1. The smallest absolute Gasteiger partial charge is 0.135 e. The lowest BCUT2D eigenvalue weighted by molar-refractivity contribution is -0.122. The summed E-state index contributed by atoms with van der Waals surface area (Å²) in [4.78, 5) is 11.6. The molecule has 1 rings (SSSR count). The highest BCUT2D eigenvalue weighted by atomic mass is 16.1. The summed E-state index contributed by atoms with van der Waals surface area (Å²) in [5.41, 5.74) is 2.31. The monoisotopic (exact) mass is 222 g/mol. The maximum absolute atomic E-state index is 11.6. The van der Waals surface area contributed by atoms with Crippen molar-refractivity contribution in [3.63, 3.8) is 0 Å². The molecule has 1 unspecified atom stereocenters. The Hall–Kier alpha value is -1.12. The highest BCUT2D eigenvalue weighted by Crippen LogP contribution is 2.13. The molecule has 0 saturated heterocycles. The Morgan fingerprint density at radius 2 is 2.12 bits per heavy atom. The van der Waals surface area contributed by atoms with Crippen LogP contribution in [0.3, 0.4) is 0 Å². The summed E-state index contributed by atoms with van der Waals surface area (Å²) in [5, 5.41) is 4.49. The Balaban J connectivity index is 2.79. The molecular weight excluding hydrogens is 200 g/mol. The summed E-state index contributed by atoms with van der Waals surface area (Å²) in [5.74, 6) is 0.443. The normalized spacial score (nSPS) is 12.8. The standard InChI is InChI=1S/C13H22N2O/c1-5-11-9-12(15(7-3)14-11)8-10(4)13(16)6-2/h9-10H,5-8H2,1-4H3. The van der Waals surface area contributed by atoms with Gasteiger partial charge in [0.2, 0.25) is 0 Å². The van der Waals surface area contributed by atoms with Gasteiger partial charge in [0.1, 0.15) is 5.78 Å². The summed E-state index contributed by atoms with van der Waals surface area (Å²) in [7, 11) is 0. The molecule has 0 saturated carbocycles. The quantitative estimate of drug-likeness (QED) is 0.741. The van der Waals surface area contributed by atoms with Gasteiger partial charge in [-0.15, -0.1) is 0 Å². The molecule has 3 nitrogen and oxygen atoms in total. The third-order valence-electron chi connectivity index (χ3n) is 2.99. The average Bonchev–Trinajstić information content (AvgIpc) is 2.70. The average molecular weight is 222 g/mol. The van der Waals surface area contributed by atoms with Crippen LogP contribution in [0, 0.1) is 5.92 Å². The number of aromatic nitrogens is 2. The lowest BCUT2D eigenvalue weighted by Gasteiger charge is -2.09. The van der Waals surface area contributed by atoms with E-state index in [-0.39, 0.29) is 5.92 Å². The summed E-state index contributed by atoms with van der Waals surface area (Å²) in [6.45, 7) is 9.00. The van der Waals surface area contributed by atoms with Gasteiger partial charge in [0.25, 0.3) is 0 Å². The Labute approximate surface area is 97.8 Å². The lowest BCUT2D eigenvalue weighted by atomic mass is 9.98. The van der Waals surface area contributed by atoms with Crippen LogP contribution in [0.4, 0.5) is 0 Å². The largest absolute Gasteiger partial charge is 0.299 e. The van der Waals surface area contributed by atoms with Crippen LogP contribution < -0.4 is 0 Å². The summed E-state index contributed by atoms with van der Waals surface area (Å²) >= 11 is 0. The number of Topliss-reactive ketones (excluding diaryl/α,β-unsaturated/α-hetero) is 1. The van der Waals surface area contributed by atoms with Crippen molar-refractivity contribution >= 4 is 5.78 Å². The highest BCUT2D eigenvalue weighted by Gasteiger charge is 2.14. The predicted octanol–water partition coefficient (Wildman–Crippen LogP) is 2.62. The molecule has 0 bridgehead atoms. The van der Waals surface area contributed by atoms with Crippen LogP contribution in [-0.4, -0.2) is 15.6 Å². The van der Waals surface area contributed by atoms with Crippen LogP contribution in [-0.2, 0) is 24.2 Å². The third kappa shape index (κ3) is 2.94. The fraction of sp³-hybridized carbons (Fsp3) is 0.692. The molecular formula is C13H22N2O. The molecule has 0 fully saturated rings. The van der Waals surface area contributed by atoms with Gasteiger partial charge in [-0.1, -0.05) is 20.8 Å². The fourth-order valence-electron chi connectivity index (χ4n) is 1.90. The number of aryl methyl sites for hydroxylation is 2. The number of nitrogens with zero attached hydrogens (tertiary/aromatic N) is 2. The molecule has 0 spiro atoms. The molecule has 0 amide bonds. The van der Waals surface area contributed by atoms with Gasteiger partial charge >= 0.3 is 0 Å². The maximum atomic E-state index is 11.6. The van der Waals surface area contributed by atoms with E-state index < -0.39 is 0 Å². The van der Waals surface area contributed by atoms with Crippen molar-refractivity contribution in [2.45, 2.75) is 53.5 Å². The van der Waals surface area contributed by atoms with E-state index in [0.29, 0.717) is 12.2 Å². The van der Waals surface area contributed by atoms with Crippen LogP contribution in [0.1, 0.15) is 45.5 Å². The molecule has 1 aromatic heterocycles. The molecule has 0 aliphatic heterocycles. The van der Waals surface area contributed by atoms with E-state index in [1.165, 1.54) is 5.69 Å². The first kappa shape index (κ1) is 12.9. The van der Waals surface area contributed by atoms with E-state index in [4.69, 9.17) is 0 Å². The minimum Gasteiger partial charge on any atom is -0.299 e. The van der Waals surface area contributed by atoms with E-state index in [2.05, 4.69) is 25.0 Å². The Kier molecular flexibility index (Phi) is 4.71. The number of carbonyl (C=O) groups excluding carboxylic acids is 1. The molecule has 16 heavy (non-hydrogen) atoms. The van der Waals surface area contributed by atoms with Crippen molar-refractivity contribution in [1.82, 2.24) is 9.78 Å². The highest BCUT2D eigenvalue weighted by molar-refractivity contribution is 5.80. The topological polar surface area (TPSA) is 34.9 Å². The summed E-state index contributed by atoms with van der Waals surface area (Å²) in [6.07, 6.45) is 2.39. The van der Waals surface area contributed by atoms with E-state index >= 15 is 0 Å². The SMILES string of the molecule is CCC(=O)C(C)Cc1cc(CC)nn1CC. The van der Waals surface area contributed by atoms with Gasteiger partial charge in [-0.2, -0.15) is 5.10 Å². The number of carbonyl (C=O) groups is 1. The number of rotatable bonds is 6. The van der Waals surface area contributed by atoms with Crippen molar-refractivity contribution in [2.24, 2.45) is 5.92 Å². The fourth-order valence-corrected chi connectivity index (χ4v) is 1.90. The zero-order valence-corrected chi connectivity index (χ0v) is 10.8. The van der Waals surface area contributed by atoms with Gasteiger partial charge in [0.05, 0.1) is 5.69 Å². The first-order valence-electron chi connectivity index (χ1n) is 6.20. The second-order valence-electron chi connectivity index (χ2n) is 4.22. The van der Waals surface area contributed by atoms with Gasteiger partial charge < -0.3 is 0 Å². The minimum atomic E-state index is 0.108. The van der Waals surface area contributed by atoms with Crippen LogP contribution in [0.15, 0.2) is 6.07 Å². The van der Waals surface area contributed by atoms with E-state index in [0.717, 1.165) is 25.1 Å². The predicted molar refractivity (Wildman–Crippen MR) is 65.4 cm³/mol. The number of hydrogen-bond donors (Lipinski definition) is 0. The first-order valence-corrected chi connectivity index (χ1v) is 6.20. The third-order valence-corrected chi connectivity index (χ3v) is 2.99. The molecule has 1 aromatic rings. The van der Waals surface area contributed by atoms with Crippen LogP contribution in [0.5, 0.6) is 0 Å². The van der Waals surface area contributed by atoms with E-state index in [9.17, 15) is 4.79 Å². The van der Waals surface area contributed by atoms with Crippen molar-refractivity contribution < 1.29 is 4.79 Å². The molecule has 0 N–H and O–H groups in total. The molecule has 3 heteroatoms. The van der Waals surface area contributed by atoms with Gasteiger partial charge in [-0.25, -0.2) is 0 Å². The van der Waals surface area contributed by atoms with Crippen molar-refractivity contribution in [3.8, 4) is 0 Å². The van der Waals surface area contributed by atoms with E-state index in [1.54, 1.807) is 0 Å². The molecule has 0 aromatic carbocycles. The van der Waals surface area contributed by atoms with Crippen molar-refractivity contribution in [2.75, 3.05) is 0 Å². The molecule has 90 valence electrons. The van der Waals surface area contributed by atoms with Gasteiger partial charge in [-0.05, 0) is 25.8 Å². The Morgan fingerprint density at radius 3 is 2.62 bits per heavy atom. The summed E-state index contributed by atoms with van der Waals surface area (Å²) in [6, 6.07) is 2.13. The zero-order valence-electron chi connectivity index (χ0n) is 10.8. The molecule has 1 heterocycles. The second kappa shape index (κ2) is 5.83. The Bertz CT molecular complexity index is 355. The van der Waals surface area contributed by atoms with Crippen LogP contribution >= 0.6 is 0 Å². The van der Waals surface area contributed by atoms with Crippen LogP contribution in [0.25, 0.3) is 0 Å². The molecule has 0 radical (unpaired) electrons. The summed E-state index contributed by atoms with van der Waals surface area (Å²) < 4.78 is 2.01. The lowest BCUT2D eigenvalue weighted by Crippen LogP contribution is -2.15. The first-order chi connectivity index (χ1) is 7.62. The molecule has 0 aliphatic carbocycles. The second-order valence-corrected chi connectivity index (χ2v) is 4.22. The van der Waals surface area contributed by atoms with Gasteiger partial charge in [0, 0.05) is 24.6 Å². The molecule has 0 aliphatic rings. The minimum absolute atomic E-state index is 0.108. The maximum Gasteiger partial charge on any atom is 0.135 e. The number of ketones is 1. The van der Waals surface area contributed by atoms with Crippen LogP contribution in [0.2, 0.25) is 0 Å². The van der Waals surface area contributed by atoms with E-state index in [1.807, 2.05) is 18.5 Å². The Morgan fingerprint density at radius 1 is 1.44 bits per heavy atom. The molecule has 1 atom stereocenters. The van der Waals surface area contributed by atoms with Gasteiger partial charge in [0.15, 0.2) is 0 Å².